The maximum atomic E-state index is 12.1. The summed E-state index contributed by atoms with van der Waals surface area (Å²) in [6.07, 6.45) is 3.15. The van der Waals surface area contributed by atoms with E-state index in [-0.39, 0.29) is 5.91 Å². The van der Waals surface area contributed by atoms with Gasteiger partial charge in [-0.25, -0.2) is 4.98 Å². The highest BCUT2D eigenvalue weighted by Gasteiger charge is 2.10. The number of carbonyl (C=O) groups excluding carboxylic acids is 1. The Morgan fingerprint density at radius 1 is 1.25 bits per heavy atom. The average Bonchev–Trinajstić information content (AvgIpc) is 3.01. The Bertz CT molecular complexity index is 1030. The van der Waals surface area contributed by atoms with Crippen LogP contribution >= 0.6 is 11.6 Å². The number of ether oxygens (including phenoxy) is 2. The Hall–Kier alpha value is -2.99. The van der Waals surface area contributed by atoms with E-state index < -0.39 is 0 Å². The van der Waals surface area contributed by atoms with Crippen molar-refractivity contribution in [3.63, 3.8) is 0 Å². The molecule has 3 rings (SSSR count). The third-order valence-electron chi connectivity index (χ3n) is 4.36. The van der Waals surface area contributed by atoms with E-state index in [2.05, 4.69) is 14.9 Å². The summed E-state index contributed by atoms with van der Waals surface area (Å²) in [7, 11) is 3.06. The van der Waals surface area contributed by atoms with Crippen LogP contribution in [0.3, 0.4) is 0 Å². The molecule has 146 valence electrons. The molecule has 0 unspecified atom stereocenters. The first-order valence-corrected chi connectivity index (χ1v) is 9.20. The summed E-state index contributed by atoms with van der Waals surface area (Å²) in [4.78, 5) is 16.7. The van der Waals surface area contributed by atoms with Gasteiger partial charge in [-0.2, -0.15) is 0 Å². The molecule has 7 heteroatoms. The summed E-state index contributed by atoms with van der Waals surface area (Å²) in [6.45, 7) is 3.10. The number of imidazole rings is 1. The van der Waals surface area contributed by atoms with Gasteiger partial charge in [0.25, 0.3) is 0 Å². The number of fused-ring (bicyclic) bond motifs is 1. The second kappa shape index (κ2) is 8.80. The predicted molar refractivity (Wildman–Crippen MR) is 111 cm³/mol. The molecule has 0 spiro atoms. The summed E-state index contributed by atoms with van der Waals surface area (Å²) in [5, 5.41) is 3.31. The van der Waals surface area contributed by atoms with Crippen molar-refractivity contribution >= 4 is 34.6 Å². The Morgan fingerprint density at radius 3 is 2.79 bits per heavy atom. The number of halogens is 1. The van der Waals surface area contributed by atoms with Gasteiger partial charge in [0.05, 0.1) is 30.3 Å². The van der Waals surface area contributed by atoms with Gasteiger partial charge in [0.2, 0.25) is 5.91 Å². The van der Waals surface area contributed by atoms with Crippen molar-refractivity contribution in [3.05, 3.63) is 58.9 Å². The first-order valence-electron chi connectivity index (χ1n) is 8.82. The van der Waals surface area contributed by atoms with Crippen molar-refractivity contribution in [1.82, 2.24) is 14.9 Å². The lowest BCUT2D eigenvalue weighted by Gasteiger charge is -2.10. The molecule has 0 fully saturated rings. The maximum absolute atomic E-state index is 12.1. The second-order valence-electron chi connectivity index (χ2n) is 6.16. The van der Waals surface area contributed by atoms with E-state index in [9.17, 15) is 4.79 Å². The van der Waals surface area contributed by atoms with Gasteiger partial charge in [-0.15, -0.1) is 0 Å². The van der Waals surface area contributed by atoms with Crippen LogP contribution in [0.15, 0.2) is 42.5 Å². The molecular weight excluding hydrogens is 378 g/mol. The van der Waals surface area contributed by atoms with Gasteiger partial charge in [-0.1, -0.05) is 23.7 Å². The molecule has 1 N–H and O–H groups in total. The topological polar surface area (TPSA) is 65.4 Å². The van der Waals surface area contributed by atoms with Gasteiger partial charge in [0.15, 0.2) is 11.5 Å². The molecule has 0 radical (unpaired) electrons. The monoisotopic (exact) mass is 399 g/mol. The summed E-state index contributed by atoms with van der Waals surface area (Å²) in [5.41, 5.74) is 2.76. The van der Waals surface area contributed by atoms with E-state index in [4.69, 9.17) is 21.1 Å². The van der Waals surface area contributed by atoms with Gasteiger partial charge in [0.1, 0.15) is 5.82 Å². The molecule has 0 bridgehead atoms. The molecule has 1 aromatic heterocycles. The zero-order valence-corrected chi connectivity index (χ0v) is 16.8. The molecule has 2 aromatic carbocycles. The number of nitrogens with zero attached hydrogens (tertiary/aromatic N) is 2. The molecule has 0 saturated heterocycles. The van der Waals surface area contributed by atoms with Crippen molar-refractivity contribution in [2.75, 3.05) is 20.8 Å². The quantitative estimate of drug-likeness (QED) is 0.613. The molecule has 1 heterocycles. The standard InChI is InChI=1S/C21H22ClN3O3/c1-14-24-17-6-4-5-7-18(17)25(14)11-10-23-20(26)9-8-15-12-16(22)21(28-3)19(13-15)27-2/h4-9,12-13H,10-11H2,1-3H3,(H,23,26)/b9-8+. The first kappa shape index (κ1) is 19.8. The summed E-state index contributed by atoms with van der Waals surface area (Å²) in [5.74, 6) is 1.71. The molecule has 6 nitrogen and oxygen atoms in total. The van der Waals surface area contributed by atoms with Crippen LogP contribution in [-0.4, -0.2) is 36.2 Å². The Kier molecular flexibility index (Phi) is 6.21. The SMILES string of the molecule is COc1cc(/C=C/C(=O)NCCn2c(C)nc3ccccc32)cc(Cl)c1OC. The molecular formula is C21H22ClN3O3. The maximum Gasteiger partial charge on any atom is 0.244 e. The number of carbonyl (C=O) groups is 1. The lowest BCUT2D eigenvalue weighted by Crippen LogP contribution is -2.25. The van der Waals surface area contributed by atoms with Gasteiger partial charge < -0.3 is 19.4 Å². The molecule has 3 aromatic rings. The highest BCUT2D eigenvalue weighted by Crippen LogP contribution is 2.36. The highest BCUT2D eigenvalue weighted by molar-refractivity contribution is 6.32. The normalized spacial score (nSPS) is 11.1. The van der Waals surface area contributed by atoms with Crippen molar-refractivity contribution in [3.8, 4) is 11.5 Å². The number of aromatic nitrogens is 2. The fraction of sp³-hybridized carbons (Fsp3) is 0.238. The molecule has 1 amide bonds. The van der Waals surface area contributed by atoms with Crippen LogP contribution in [0.4, 0.5) is 0 Å². The number of hydrogen-bond donors (Lipinski definition) is 1. The van der Waals surface area contributed by atoms with Crippen LogP contribution < -0.4 is 14.8 Å². The Balaban J connectivity index is 1.61. The van der Waals surface area contributed by atoms with Gasteiger partial charge in [-0.05, 0) is 42.8 Å². The molecule has 0 saturated carbocycles. The minimum absolute atomic E-state index is 0.187. The fourth-order valence-corrected chi connectivity index (χ4v) is 3.33. The fourth-order valence-electron chi connectivity index (χ4n) is 3.03. The Labute approximate surface area is 168 Å². The lowest BCUT2D eigenvalue weighted by molar-refractivity contribution is -0.116. The van der Waals surface area contributed by atoms with Gasteiger partial charge in [0, 0.05) is 19.2 Å². The lowest BCUT2D eigenvalue weighted by atomic mass is 10.2. The molecule has 0 aliphatic rings. The average molecular weight is 400 g/mol. The number of para-hydroxylation sites is 2. The third kappa shape index (κ3) is 4.28. The van der Waals surface area contributed by atoms with Crippen LogP contribution in [-0.2, 0) is 11.3 Å². The van der Waals surface area contributed by atoms with Crippen LogP contribution in [0.5, 0.6) is 11.5 Å². The largest absolute Gasteiger partial charge is 0.493 e. The first-order chi connectivity index (χ1) is 13.5. The number of benzene rings is 2. The second-order valence-corrected chi connectivity index (χ2v) is 6.57. The van der Waals surface area contributed by atoms with E-state index in [0.29, 0.717) is 29.6 Å². The molecule has 0 aliphatic carbocycles. The minimum Gasteiger partial charge on any atom is -0.493 e. The summed E-state index contributed by atoms with van der Waals surface area (Å²) >= 11 is 6.18. The summed E-state index contributed by atoms with van der Waals surface area (Å²) in [6, 6.07) is 11.4. The van der Waals surface area contributed by atoms with Crippen molar-refractivity contribution in [1.29, 1.82) is 0 Å². The van der Waals surface area contributed by atoms with E-state index >= 15 is 0 Å². The number of methoxy groups -OCH3 is 2. The van der Waals surface area contributed by atoms with Gasteiger partial charge >= 0.3 is 0 Å². The third-order valence-corrected chi connectivity index (χ3v) is 4.64. The summed E-state index contributed by atoms with van der Waals surface area (Å²) < 4.78 is 12.6. The molecule has 0 aliphatic heterocycles. The van der Waals surface area contributed by atoms with Crippen LogP contribution in [0, 0.1) is 6.92 Å². The van der Waals surface area contributed by atoms with Gasteiger partial charge in [-0.3, -0.25) is 4.79 Å². The van der Waals surface area contributed by atoms with E-state index in [1.165, 1.54) is 20.3 Å². The number of nitrogens with one attached hydrogen (secondary N) is 1. The van der Waals surface area contributed by atoms with Crippen LogP contribution in [0.1, 0.15) is 11.4 Å². The minimum atomic E-state index is -0.187. The molecule has 28 heavy (non-hydrogen) atoms. The van der Waals surface area contributed by atoms with E-state index in [1.54, 1.807) is 18.2 Å². The Morgan fingerprint density at radius 2 is 2.04 bits per heavy atom. The van der Waals surface area contributed by atoms with Crippen molar-refractivity contribution in [2.45, 2.75) is 13.5 Å². The van der Waals surface area contributed by atoms with E-state index in [1.807, 2.05) is 31.2 Å². The van der Waals surface area contributed by atoms with Crippen molar-refractivity contribution < 1.29 is 14.3 Å². The zero-order valence-electron chi connectivity index (χ0n) is 16.0. The number of hydrogen-bond acceptors (Lipinski definition) is 4. The van der Waals surface area contributed by atoms with Crippen molar-refractivity contribution in [2.24, 2.45) is 0 Å². The van der Waals surface area contributed by atoms with E-state index in [0.717, 1.165) is 22.4 Å². The molecule has 0 atom stereocenters. The number of aryl methyl sites for hydroxylation is 1. The number of amides is 1. The zero-order chi connectivity index (χ0) is 20.1. The smallest absolute Gasteiger partial charge is 0.244 e. The highest BCUT2D eigenvalue weighted by atomic mass is 35.5. The number of rotatable bonds is 7. The van der Waals surface area contributed by atoms with Crippen LogP contribution in [0.2, 0.25) is 5.02 Å². The predicted octanol–water partition coefficient (Wildman–Crippen LogP) is 3.84. The van der Waals surface area contributed by atoms with Crippen LogP contribution in [0.25, 0.3) is 17.1 Å².